The average Bonchev–Trinajstić information content (AvgIpc) is 3.21. The lowest BCUT2D eigenvalue weighted by Gasteiger charge is -2.18. The molecule has 332 valence electrons. The van der Waals surface area contributed by atoms with Crippen LogP contribution < -0.4 is 0 Å². The fourth-order valence-corrected chi connectivity index (χ4v) is 6.84. The molecule has 0 aliphatic rings. The molecule has 0 rings (SSSR count). The highest BCUT2D eigenvalue weighted by atomic mass is 16.6. The molecule has 0 saturated carbocycles. The average molecular weight is 801 g/mol. The van der Waals surface area contributed by atoms with Gasteiger partial charge in [-0.15, -0.1) is 0 Å². The van der Waals surface area contributed by atoms with Crippen molar-refractivity contribution in [3.8, 4) is 0 Å². The van der Waals surface area contributed by atoms with Crippen molar-refractivity contribution in [3.63, 3.8) is 0 Å². The van der Waals surface area contributed by atoms with Gasteiger partial charge in [0.2, 0.25) is 0 Å². The second-order valence-corrected chi connectivity index (χ2v) is 16.4. The van der Waals surface area contributed by atoms with E-state index < -0.39 is 6.10 Å². The highest BCUT2D eigenvalue weighted by molar-refractivity contribution is 5.71. The van der Waals surface area contributed by atoms with E-state index in [1.54, 1.807) is 0 Å². The number of carbonyl (C=O) groups excluding carboxylic acids is 3. The number of ether oxygens (including phenoxy) is 3. The topological polar surface area (TPSA) is 78.9 Å². The molecule has 0 amide bonds. The first-order valence-corrected chi connectivity index (χ1v) is 24.5. The minimum absolute atomic E-state index is 0.0793. The first kappa shape index (κ1) is 54.6. The number of carbonyl (C=O) groups is 3. The zero-order valence-corrected chi connectivity index (χ0v) is 37.9. The van der Waals surface area contributed by atoms with Gasteiger partial charge in [0.1, 0.15) is 13.2 Å². The van der Waals surface area contributed by atoms with E-state index in [0.717, 1.165) is 77.0 Å². The summed E-state index contributed by atoms with van der Waals surface area (Å²) in [7, 11) is 0. The van der Waals surface area contributed by atoms with Crippen LogP contribution in [0, 0.1) is 0 Å². The monoisotopic (exact) mass is 801 g/mol. The Hall–Kier alpha value is -2.37. The van der Waals surface area contributed by atoms with Crippen molar-refractivity contribution in [2.75, 3.05) is 13.2 Å². The first-order valence-electron chi connectivity index (χ1n) is 24.5. The maximum atomic E-state index is 12.7. The standard InChI is InChI=1S/C51H92O6/c1-4-7-10-13-16-19-22-25-26-27-30-32-35-38-41-44-50(53)56-47-48(57-51(54)45-42-39-36-33-29-24-21-18-15-12-9-6-3)46-55-49(52)43-40-37-34-31-28-23-20-17-14-11-8-5-2/h17-22,48H,4-16,23-47H2,1-3H3/b20-17-,21-18-,22-19-. The summed E-state index contributed by atoms with van der Waals surface area (Å²) in [5.74, 6) is -0.898. The fourth-order valence-electron chi connectivity index (χ4n) is 6.84. The van der Waals surface area contributed by atoms with Gasteiger partial charge in [0, 0.05) is 19.3 Å². The third kappa shape index (κ3) is 44.6. The summed E-state index contributed by atoms with van der Waals surface area (Å²) < 4.78 is 16.7. The van der Waals surface area contributed by atoms with Crippen LogP contribution >= 0.6 is 0 Å². The van der Waals surface area contributed by atoms with Crippen LogP contribution in [0.2, 0.25) is 0 Å². The Labute approximate surface area is 353 Å². The zero-order valence-electron chi connectivity index (χ0n) is 37.9. The van der Waals surface area contributed by atoms with Crippen molar-refractivity contribution < 1.29 is 28.6 Å². The predicted molar refractivity (Wildman–Crippen MR) is 242 cm³/mol. The summed E-state index contributed by atoms with van der Waals surface area (Å²) in [6.45, 7) is 6.56. The van der Waals surface area contributed by atoms with Crippen molar-refractivity contribution in [3.05, 3.63) is 36.5 Å². The number of esters is 3. The van der Waals surface area contributed by atoms with Gasteiger partial charge in [-0.2, -0.15) is 0 Å². The molecule has 0 heterocycles. The molecule has 6 nitrogen and oxygen atoms in total. The molecule has 57 heavy (non-hydrogen) atoms. The molecule has 0 aromatic carbocycles. The summed E-state index contributed by atoms with van der Waals surface area (Å²) >= 11 is 0. The number of unbranched alkanes of at least 4 members (excludes halogenated alkanes) is 27. The second kappa shape index (κ2) is 46.3. The van der Waals surface area contributed by atoms with Gasteiger partial charge in [-0.1, -0.05) is 173 Å². The Morgan fingerprint density at radius 3 is 0.912 bits per heavy atom. The summed E-state index contributed by atoms with van der Waals surface area (Å²) in [6.07, 6.45) is 52.6. The van der Waals surface area contributed by atoms with E-state index in [1.165, 1.54) is 135 Å². The minimum atomic E-state index is -0.777. The Morgan fingerprint density at radius 2 is 0.579 bits per heavy atom. The van der Waals surface area contributed by atoms with Crippen LogP contribution in [0.4, 0.5) is 0 Å². The highest BCUT2D eigenvalue weighted by Crippen LogP contribution is 2.14. The molecule has 0 bridgehead atoms. The normalized spacial score (nSPS) is 12.3. The van der Waals surface area contributed by atoms with Gasteiger partial charge in [0.15, 0.2) is 6.10 Å². The maximum Gasteiger partial charge on any atom is 0.306 e. The molecule has 1 atom stereocenters. The van der Waals surface area contributed by atoms with Crippen molar-refractivity contribution in [1.82, 2.24) is 0 Å². The van der Waals surface area contributed by atoms with E-state index in [1.807, 2.05) is 0 Å². The Bertz CT molecular complexity index is 969. The fraction of sp³-hybridized carbons (Fsp3) is 0.824. The number of rotatable bonds is 44. The Kier molecular flexibility index (Phi) is 44.4. The highest BCUT2D eigenvalue weighted by Gasteiger charge is 2.19. The van der Waals surface area contributed by atoms with Crippen LogP contribution in [0.5, 0.6) is 0 Å². The van der Waals surface area contributed by atoms with Gasteiger partial charge in [-0.25, -0.2) is 0 Å². The molecule has 0 fully saturated rings. The molecule has 0 aliphatic carbocycles. The van der Waals surface area contributed by atoms with Crippen molar-refractivity contribution in [1.29, 1.82) is 0 Å². The Morgan fingerprint density at radius 1 is 0.333 bits per heavy atom. The predicted octanol–water partition coefficient (Wildman–Crippen LogP) is 15.8. The van der Waals surface area contributed by atoms with Gasteiger partial charge in [0.25, 0.3) is 0 Å². The molecule has 0 spiro atoms. The lowest BCUT2D eigenvalue weighted by atomic mass is 10.1. The van der Waals surface area contributed by atoms with E-state index >= 15 is 0 Å². The van der Waals surface area contributed by atoms with Gasteiger partial charge >= 0.3 is 17.9 Å². The minimum Gasteiger partial charge on any atom is -0.462 e. The number of hydrogen-bond donors (Lipinski definition) is 0. The third-order valence-electron chi connectivity index (χ3n) is 10.6. The molecule has 0 aromatic heterocycles. The molecule has 0 N–H and O–H groups in total. The number of allylic oxidation sites excluding steroid dienone is 6. The van der Waals surface area contributed by atoms with Gasteiger partial charge in [-0.05, 0) is 96.3 Å². The van der Waals surface area contributed by atoms with Crippen molar-refractivity contribution in [2.24, 2.45) is 0 Å². The maximum absolute atomic E-state index is 12.7. The Balaban J connectivity index is 4.37. The third-order valence-corrected chi connectivity index (χ3v) is 10.6. The smallest absolute Gasteiger partial charge is 0.306 e. The van der Waals surface area contributed by atoms with E-state index in [2.05, 4.69) is 57.2 Å². The molecule has 0 aliphatic heterocycles. The van der Waals surface area contributed by atoms with Crippen molar-refractivity contribution in [2.45, 2.75) is 258 Å². The first-order chi connectivity index (χ1) is 28.0. The van der Waals surface area contributed by atoms with Crippen LogP contribution in [0.3, 0.4) is 0 Å². The summed E-state index contributed by atoms with van der Waals surface area (Å²) in [4.78, 5) is 37.8. The lowest BCUT2D eigenvalue weighted by molar-refractivity contribution is -0.167. The van der Waals surface area contributed by atoms with E-state index in [0.29, 0.717) is 19.3 Å². The van der Waals surface area contributed by atoms with Crippen LogP contribution in [-0.2, 0) is 28.6 Å². The van der Waals surface area contributed by atoms with Crippen molar-refractivity contribution >= 4 is 17.9 Å². The summed E-state index contributed by atoms with van der Waals surface area (Å²) in [5, 5.41) is 0. The zero-order chi connectivity index (χ0) is 41.5. The molecule has 6 heteroatoms. The van der Waals surface area contributed by atoms with Crippen LogP contribution in [0.1, 0.15) is 252 Å². The lowest BCUT2D eigenvalue weighted by Crippen LogP contribution is -2.30. The molecular weight excluding hydrogens is 709 g/mol. The van der Waals surface area contributed by atoms with Gasteiger partial charge < -0.3 is 14.2 Å². The molecule has 0 aromatic rings. The molecular formula is C51H92O6. The van der Waals surface area contributed by atoms with E-state index in [4.69, 9.17) is 14.2 Å². The number of hydrogen-bond acceptors (Lipinski definition) is 6. The van der Waals surface area contributed by atoms with Crippen LogP contribution in [0.15, 0.2) is 36.5 Å². The molecule has 0 radical (unpaired) electrons. The molecule has 1 unspecified atom stereocenters. The van der Waals surface area contributed by atoms with Crippen LogP contribution in [-0.4, -0.2) is 37.2 Å². The van der Waals surface area contributed by atoms with E-state index in [9.17, 15) is 14.4 Å². The van der Waals surface area contributed by atoms with Gasteiger partial charge in [-0.3, -0.25) is 14.4 Å². The van der Waals surface area contributed by atoms with Crippen LogP contribution in [0.25, 0.3) is 0 Å². The summed E-state index contributed by atoms with van der Waals surface area (Å²) in [6, 6.07) is 0. The second-order valence-electron chi connectivity index (χ2n) is 16.4. The largest absolute Gasteiger partial charge is 0.462 e. The SMILES string of the molecule is CCCCC/C=C\CCCCCCCC(=O)OCC(COC(=O)CCCCCCCCC/C=C\CCCCCC)OC(=O)CCCCCCC/C=C\CCCCC. The summed E-state index contributed by atoms with van der Waals surface area (Å²) in [5.41, 5.74) is 0. The quantitative estimate of drug-likeness (QED) is 0.0264. The van der Waals surface area contributed by atoms with Gasteiger partial charge in [0.05, 0.1) is 0 Å². The van der Waals surface area contributed by atoms with E-state index in [-0.39, 0.29) is 31.1 Å². The molecule has 0 saturated heterocycles.